The summed E-state index contributed by atoms with van der Waals surface area (Å²) in [5.74, 6) is 0.868. The molecule has 1 fully saturated rings. The van der Waals surface area contributed by atoms with Crippen LogP contribution >= 0.6 is 0 Å². The molecule has 13 heavy (non-hydrogen) atoms. The number of rotatable bonds is 2. The number of hydrogen-bond acceptors (Lipinski definition) is 3. The van der Waals surface area contributed by atoms with E-state index in [1.165, 1.54) is 0 Å². The van der Waals surface area contributed by atoms with E-state index < -0.39 is 0 Å². The van der Waals surface area contributed by atoms with Crippen LogP contribution in [0.4, 0.5) is 0 Å². The first-order valence-electron chi connectivity index (χ1n) is 4.71. The highest BCUT2D eigenvalue weighted by Gasteiger charge is 2.15. The normalized spacial score (nSPS) is 18.8. The molecule has 0 aromatic carbocycles. The number of piperidine rings is 1. The van der Waals surface area contributed by atoms with Gasteiger partial charge in [-0.25, -0.2) is 4.68 Å². The van der Waals surface area contributed by atoms with Crippen molar-refractivity contribution in [3.63, 3.8) is 0 Å². The van der Waals surface area contributed by atoms with Crippen LogP contribution in [0.25, 0.3) is 0 Å². The Kier molecular flexibility index (Phi) is 2.49. The smallest absolute Gasteiger partial charge is 0.211 e. The summed E-state index contributed by atoms with van der Waals surface area (Å²) in [4.78, 5) is 0. The zero-order chi connectivity index (χ0) is 9.10. The van der Waals surface area contributed by atoms with Crippen molar-refractivity contribution < 1.29 is 4.74 Å². The van der Waals surface area contributed by atoms with E-state index >= 15 is 0 Å². The van der Waals surface area contributed by atoms with Crippen LogP contribution in [-0.2, 0) is 7.05 Å². The van der Waals surface area contributed by atoms with Crippen molar-refractivity contribution in [1.29, 1.82) is 0 Å². The van der Waals surface area contributed by atoms with Gasteiger partial charge in [-0.2, -0.15) is 5.10 Å². The Balaban J connectivity index is 1.93. The fourth-order valence-corrected chi connectivity index (χ4v) is 1.56. The van der Waals surface area contributed by atoms with E-state index in [1.54, 1.807) is 10.9 Å². The maximum Gasteiger partial charge on any atom is 0.211 e. The second-order valence-corrected chi connectivity index (χ2v) is 3.36. The van der Waals surface area contributed by atoms with Crippen molar-refractivity contribution in [2.24, 2.45) is 7.05 Å². The first-order valence-corrected chi connectivity index (χ1v) is 4.71. The van der Waals surface area contributed by atoms with Crippen LogP contribution in [0.1, 0.15) is 12.8 Å². The summed E-state index contributed by atoms with van der Waals surface area (Å²) in [5, 5.41) is 7.36. The average Bonchev–Trinajstić information content (AvgIpc) is 2.54. The fraction of sp³-hybridized carbons (Fsp3) is 0.667. The lowest BCUT2D eigenvalue weighted by molar-refractivity contribution is 0.149. The molecule has 1 aromatic heterocycles. The summed E-state index contributed by atoms with van der Waals surface area (Å²) in [6.45, 7) is 2.12. The van der Waals surface area contributed by atoms with Crippen LogP contribution in [-0.4, -0.2) is 29.0 Å². The van der Waals surface area contributed by atoms with Crippen LogP contribution in [0, 0.1) is 0 Å². The van der Waals surface area contributed by atoms with Gasteiger partial charge in [0.1, 0.15) is 6.10 Å². The summed E-state index contributed by atoms with van der Waals surface area (Å²) in [6, 6.07) is 1.90. The van der Waals surface area contributed by atoms with Crippen molar-refractivity contribution in [3.8, 4) is 5.88 Å². The molecule has 72 valence electrons. The lowest BCUT2D eigenvalue weighted by Crippen LogP contribution is -2.34. The van der Waals surface area contributed by atoms with Gasteiger partial charge in [0, 0.05) is 13.1 Å². The number of aromatic nitrogens is 2. The zero-order valence-electron chi connectivity index (χ0n) is 7.86. The van der Waals surface area contributed by atoms with Gasteiger partial charge in [0.15, 0.2) is 0 Å². The largest absolute Gasteiger partial charge is 0.474 e. The van der Waals surface area contributed by atoms with Crippen molar-refractivity contribution >= 4 is 0 Å². The Morgan fingerprint density at radius 3 is 2.92 bits per heavy atom. The van der Waals surface area contributed by atoms with E-state index in [4.69, 9.17) is 4.74 Å². The molecule has 0 radical (unpaired) electrons. The van der Waals surface area contributed by atoms with Gasteiger partial charge >= 0.3 is 0 Å². The van der Waals surface area contributed by atoms with Gasteiger partial charge in [-0.05, 0) is 25.9 Å². The Hall–Kier alpha value is -1.03. The summed E-state index contributed by atoms with van der Waals surface area (Å²) in [7, 11) is 1.90. The molecule has 4 heteroatoms. The Morgan fingerprint density at radius 2 is 2.31 bits per heavy atom. The van der Waals surface area contributed by atoms with Crippen molar-refractivity contribution in [3.05, 3.63) is 12.3 Å². The highest BCUT2D eigenvalue weighted by molar-refractivity contribution is 5.07. The third-order valence-corrected chi connectivity index (χ3v) is 2.35. The first kappa shape index (κ1) is 8.56. The van der Waals surface area contributed by atoms with Crippen molar-refractivity contribution in [2.45, 2.75) is 18.9 Å². The second-order valence-electron chi connectivity index (χ2n) is 3.36. The number of aryl methyl sites for hydroxylation is 1. The fourth-order valence-electron chi connectivity index (χ4n) is 1.56. The minimum absolute atomic E-state index is 0.358. The number of hydrogen-bond donors (Lipinski definition) is 1. The minimum atomic E-state index is 0.358. The summed E-state index contributed by atoms with van der Waals surface area (Å²) >= 11 is 0. The van der Waals surface area contributed by atoms with Gasteiger partial charge in [0.25, 0.3) is 0 Å². The quantitative estimate of drug-likeness (QED) is 0.724. The van der Waals surface area contributed by atoms with Crippen LogP contribution in [0.3, 0.4) is 0 Å². The molecule has 0 amide bonds. The SMILES string of the molecule is Cn1nccc1OC1CCNCC1. The second kappa shape index (κ2) is 3.79. The van der Waals surface area contributed by atoms with Crippen LogP contribution in [0.2, 0.25) is 0 Å². The molecule has 0 saturated carbocycles. The number of nitrogens with one attached hydrogen (secondary N) is 1. The summed E-state index contributed by atoms with van der Waals surface area (Å²) in [6.07, 6.45) is 4.30. The van der Waals surface area contributed by atoms with Crippen molar-refractivity contribution in [1.82, 2.24) is 15.1 Å². The predicted molar refractivity (Wildman–Crippen MR) is 49.7 cm³/mol. The third-order valence-electron chi connectivity index (χ3n) is 2.35. The molecule has 0 aliphatic carbocycles. The Labute approximate surface area is 77.9 Å². The van der Waals surface area contributed by atoms with Gasteiger partial charge in [-0.15, -0.1) is 0 Å². The van der Waals surface area contributed by atoms with Crippen LogP contribution < -0.4 is 10.1 Å². The van der Waals surface area contributed by atoms with Crippen molar-refractivity contribution in [2.75, 3.05) is 13.1 Å². The molecule has 0 unspecified atom stereocenters. The highest BCUT2D eigenvalue weighted by atomic mass is 16.5. The predicted octanol–water partition coefficient (Wildman–Crippen LogP) is 0.551. The minimum Gasteiger partial charge on any atom is -0.474 e. The molecule has 2 heterocycles. The molecule has 0 atom stereocenters. The first-order chi connectivity index (χ1) is 6.36. The van der Waals surface area contributed by atoms with E-state index in [1.807, 2.05) is 13.1 Å². The lowest BCUT2D eigenvalue weighted by atomic mass is 10.1. The molecule has 1 saturated heterocycles. The monoisotopic (exact) mass is 181 g/mol. The molecule has 1 aliphatic rings. The molecule has 2 rings (SSSR count). The topological polar surface area (TPSA) is 39.1 Å². The van der Waals surface area contributed by atoms with Crippen LogP contribution in [0.15, 0.2) is 12.3 Å². The van der Waals surface area contributed by atoms with E-state index in [0.717, 1.165) is 31.8 Å². The summed E-state index contributed by atoms with van der Waals surface area (Å²) in [5.41, 5.74) is 0. The zero-order valence-corrected chi connectivity index (χ0v) is 7.86. The standard InChI is InChI=1S/C9H15N3O/c1-12-9(4-7-11-12)13-8-2-5-10-6-3-8/h4,7-8,10H,2-3,5-6H2,1H3. The lowest BCUT2D eigenvalue weighted by Gasteiger charge is -2.23. The summed E-state index contributed by atoms with van der Waals surface area (Å²) < 4.78 is 7.55. The molecule has 1 aliphatic heterocycles. The molecular formula is C9H15N3O. The van der Waals surface area contributed by atoms with Gasteiger partial charge < -0.3 is 10.1 Å². The van der Waals surface area contributed by atoms with Crippen LogP contribution in [0.5, 0.6) is 5.88 Å². The van der Waals surface area contributed by atoms with E-state index in [-0.39, 0.29) is 0 Å². The van der Waals surface area contributed by atoms with Gasteiger partial charge in [-0.1, -0.05) is 0 Å². The van der Waals surface area contributed by atoms with E-state index in [9.17, 15) is 0 Å². The molecular weight excluding hydrogens is 166 g/mol. The molecule has 0 spiro atoms. The Bertz CT molecular complexity index is 266. The highest BCUT2D eigenvalue weighted by Crippen LogP contribution is 2.14. The molecule has 1 N–H and O–H groups in total. The number of ether oxygens (including phenoxy) is 1. The third kappa shape index (κ3) is 2.01. The van der Waals surface area contributed by atoms with Gasteiger partial charge in [0.05, 0.1) is 6.20 Å². The molecule has 4 nitrogen and oxygen atoms in total. The molecule has 1 aromatic rings. The van der Waals surface area contributed by atoms with Gasteiger partial charge in [0.2, 0.25) is 5.88 Å². The van der Waals surface area contributed by atoms with E-state index in [2.05, 4.69) is 10.4 Å². The van der Waals surface area contributed by atoms with Gasteiger partial charge in [-0.3, -0.25) is 0 Å². The number of nitrogens with zero attached hydrogens (tertiary/aromatic N) is 2. The maximum absolute atomic E-state index is 5.79. The average molecular weight is 181 g/mol. The Morgan fingerprint density at radius 1 is 1.54 bits per heavy atom. The van der Waals surface area contributed by atoms with E-state index in [0.29, 0.717) is 6.10 Å². The maximum atomic E-state index is 5.79. The molecule has 0 bridgehead atoms.